The predicted molar refractivity (Wildman–Crippen MR) is 118 cm³/mol. The second-order valence-corrected chi connectivity index (χ2v) is 8.97. The lowest BCUT2D eigenvalue weighted by Crippen LogP contribution is -2.34. The number of aryl methyl sites for hydroxylation is 1. The average molecular weight is 402 g/mol. The Morgan fingerprint density at radius 3 is 2.11 bits per heavy atom. The van der Waals surface area contributed by atoms with Crippen molar-refractivity contribution in [2.45, 2.75) is 45.4 Å². The summed E-state index contributed by atoms with van der Waals surface area (Å²) in [5.74, 6) is 0.203. The molecule has 0 unspecified atom stereocenters. The summed E-state index contributed by atoms with van der Waals surface area (Å²) in [7, 11) is -1.90. The van der Waals surface area contributed by atoms with Crippen molar-refractivity contribution < 1.29 is 8.42 Å². The summed E-state index contributed by atoms with van der Waals surface area (Å²) in [6.07, 6.45) is 1.68. The molecule has 0 aliphatic rings. The van der Waals surface area contributed by atoms with Gasteiger partial charge in [-0.05, 0) is 54.2 Å². The molecule has 0 radical (unpaired) electrons. The van der Waals surface area contributed by atoms with E-state index in [2.05, 4.69) is 17.5 Å². The Balaban J connectivity index is 2.42. The van der Waals surface area contributed by atoms with Crippen molar-refractivity contribution in [3.63, 3.8) is 0 Å². The van der Waals surface area contributed by atoms with E-state index in [0.717, 1.165) is 24.1 Å². The Hall–Kier alpha value is -2.34. The Bertz CT molecular complexity index is 886. The number of anilines is 1. The first-order chi connectivity index (χ1) is 13.3. The molecule has 0 aliphatic carbocycles. The number of hydrogen-bond acceptors (Lipinski definition) is 4. The molecule has 1 N–H and O–H groups in total. The molecule has 0 spiro atoms. The minimum atomic E-state index is -3.65. The van der Waals surface area contributed by atoms with Crippen LogP contribution in [-0.4, -0.2) is 27.7 Å². The van der Waals surface area contributed by atoms with Gasteiger partial charge in [-0.1, -0.05) is 52.0 Å². The number of sulfonamides is 1. The van der Waals surface area contributed by atoms with Gasteiger partial charge in [-0.15, -0.1) is 0 Å². The lowest BCUT2D eigenvalue weighted by atomic mass is 10.1. The minimum Gasteiger partial charge on any atom is -0.313 e. The summed E-state index contributed by atoms with van der Waals surface area (Å²) < 4.78 is 28.3. The Morgan fingerprint density at radius 2 is 1.64 bits per heavy atom. The van der Waals surface area contributed by atoms with Gasteiger partial charge in [0.15, 0.2) is 0 Å². The third-order valence-electron chi connectivity index (χ3n) is 4.52. The molecule has 0 saturated carbocycles. The molecule has 2 aromatic carbocycles. The van der Waals surface area contributed by atoms with Crippen molar-refractivity contribution in [3.05, 3.63) is 59.7 Å². The molecule has 0 aromatic heterocycles. The van der Waals surface area contributed by atoms with Crippen LogP contribution >= 0.6 is 0 Å². The maximum absolute atomic E-state index is 13.4. The Morgan fingerprint density at radius 1 is 1.04 bits per heavy atom. The molecule has 0 amide bonds. The largest absolute Gasteiger partial charge is 0.313 e. The topological polar surface area (TPSA) is 61.8 Å². The Kier molecular flexibility index (Phi) is 7.63. The lowest BCUT2D eigenvalue weighted by molar-refractivity contribution is 0.578. The van der Waals surface area contributed by atoms with Gasteiger partial charge < -0.3 is 5.43 Å². The average Bonchev–Trinajstić information content (AvgIpc) is 2.70. The van der Waals surface area contributed by atoms with E-state index < -0.39 is 10.0 Å². The molecule has 28 heavy (non-hydrogen) atoms. The second-order valence-electron chi connectivity index (χ2n) is 7.11. The van der Waals surface area contributed by atoms with Crippen molar-refractivity contribution in [3.8, 4) is 0 Å². The van der Waals surface area contributed by atoms with Crippen LogP contribution in [0.3, 0.4) is 0 Å². The van der Waals surface area contributed by atoms with E-state index in [-0.39, 0.29) is 10.8 Å². The van der Waals surface area contributed by atoms with E-state index in [1.54, 1.807) is 19.2 Å². The highest BCUT2D eigenvalue weighted by molar-refractivity contribution is 7.92. The fourth-order valence-corrected chi connectivity index (χ4v) is 4.63. The molecule has 0 heterocycles. The van der Waals surface area contributed by atoms with Gasteiger partial charge in [0.25, 0.3) is 10.0 Å². The first-order valence-corrected chi connectivity index (χ1v) is 11.2. The summed E-state index contributed by atoms with van der Waals surface area (Å²) in [6, 6.07) is 14.7. The molecule has 2 rings (SSSR count). The van der Waals surface area contributed by atoms with E-state index in [4.69, 9.17) is 0 Å². The van der Waals surface area contributed by atoms with Crippen LogP contribution in [0.2, 0.25) is 0 Å². The van der Waals surface area contributed by atoms with Crippen LogP contribution in [0.5, 0.6) is 0 Å². The molecular weight excluding hydrogens is 370 g/mol. The molecule has 0 atom stereocenters. The van der Waals surface area contributed by atoms with Crippen LogP contribution in [0.25, 0.3) is 0 Å². The van der Waals surface area contributed by atoms with Gasteiger partial charge in [0.05, 0.1) is 16.3 Å². The Labute approximate surface area is 169 Å². The van der Waals surface area contributed by atoms with Gasteiger partial charge in [-0.2, -0.15) is 5.10 Å². The summed E-state index contributed by atoms with van der Waals surface area (Å²) >= 11 is 0. The summed E-state index contributed by atoms with van der Waals surface area (Å²) in [5.41, 5.74) is 6.48. The molecule has 0 aliphatic heterocycles. The molecule has 152 valence electrons. The fraction of sp³-hybridized carbons (Fsp3) is 0.409. The number of nitrogens with zero attached hydrogens (tertiary/aromatic N) is 2. The van der Waals surface area contributed by atoms with Crippen LogP contribution in [0.4, 0.5) is 5.69 Å². The number of nitrogens with one attached hydrogen (secondary N) is 1. The van der Waals surface area contributed by atoms with Crippen molar-refractivity contribution in [2.24, 2.45) is 11.0 Å². The van der Waals surface area contributed by atoms with Crippen molar-refractivity contribution in [1.82, 2.24) is 5.43 Å². The molecule has 2 aromatic rings. The molecule has 0 saturated heterocycles. The third kappa shape index (κ3) is 5.13. The first-order valence-electron chi connectivity index (χ1n) is 9.78. The quantitative estimate of drug-likeness (QED) is 0.499. The summed E-state index contributed by atoms with van der Waals surface area (Å²) in [4.78, 5) is 0.288. The van der Waals surface area contributed by atoms with E-state index >= 15 is 0 Å². The van der Waals surface area contributed by atoms with Crippen LogP contribution in [0, 0.1) is 5.92 Å². The molecule has 5 nitrogen and oxygen atoms in total. The molecule has 6 heteroatoms. The standard InChI is InChI=1S/C22H31N3O2S/c1-6-18-8-12-20(13-9-18)25(16-17(3)4)28(26,27)21-14-10-19(11-15-21)22(7-2)24-23-5/h8-15,17,23H,6-7,16H2,1-5H3/b24-22-. The predicted octanol–water partition coefficient (Wildman–Crippen LogP) is 4.43. The number of benzene rings is 2. The third-order valence-corrected chi connectivity index (χ3v) is 6.33. The van der Waals surface area contributed by atoms with E-state index in [1.807, 2.05) is 57.2 Å². The first kappa shape index (κ1) is 22.0. The molecule has 0 fully saturated rings. The lowest BCUT2D eigenvalue weighted by Gasteiger charge is -2.26. The van der Waals surface area contributed by atoms with Gasteiger partial charge in [-0.3, -0.25) is 4.31 Å². The molecule has 0 bridgehead atoms. The normalized spacial score (nSPS) is 12.3. The van der Waals surface area contributed by atoms with Crippen molar-refractivity contribution in [2.75, 3.05) is 17.9 Å². The van der Waals surface area contributed by atoms with E-state index in [9.17, 15) is 8.42 Å². The zero-order valence-electron chi connectivity index (χ0n) is 17.4. The molecular formula is C22H31N3O2S. The summed E-state index contributed by atoms with van der Waals surface area (Å²) in [6.45, 7) is 8.57. The highest BCUT2D eigenvalue weighted by Gasteiger charge is 2.25. The van der Waals surface area contributed by atoms with Gasteiger partial charge in [0, 0.05) is 13.6 Å². The maximum Gasteiger partial charge on any atom is 0.264 e. The number of rotatable bonds is 9. The maximum atomic E-state index is 13.4. The smallest absolute Gasteiger partial charge is 0.264 e. The van der Waals surface area contributed by atoms with Gasteiger partial charge in [-0.25, -0.2) is 8.42 Å². The zero-order chi connectivity index (χ0) is 20.7. The zero-order valence-corrected chi connectivity index (χ0v) is 18.3. The SMILES string of the molecule is CC/C(=N/NC)c1ccc(S(=O)(=O)N(CC(C)C)c2ccc(CC)cc2)cc1. The highest BCUT2D eigenvalue weighted by atomic mass is 32.2. The van der Waals surface area contributed by atoms with Crippen LogP contribution in [0.1, 0.15) is 45.2 Å². The fourth-order valence-electron chi connectivity index (χ4n) is 3.00. The van der Waals surface area contributed by atoms with Crippen LogP contribution in [-0.2, 0) is 16.4 Å². The number of hydrazone groups is 1. The monoisotopic (exact) mass is 401 g/mol. The van der Waals surface area contributed by atoms with Gasteiger partial charge >= 0.3 is 0 Å². The second kappa shape index (κ2) is 9.73. The van der Waals surface area contributed by atoms with Gasteiger partial charge in [0.1, 0.15) is 0 Å². The summed E-state index contributed by atoms with van der Waals surface area (Å²) in [5, 5.41) is 4.25. The highest BCUT2D eigenvalue weighted by Crippen LogP contribution is 2.26. The van der Waals surface area contributed by atoms with E-state index in [0.29, 0.717) is 12.2 Å². The van der Waals surface area contributed by atoms with Crippen LogP contribution in [0.15, 0.2) is 58.5 Å². The van der Waals surface area contributed by atoms with E-state index in [1.165, 1.54) is 9.87 Å². The van der Waals surface area contributed by atoms with Crippen LogP contribution < -0.4 is 9.73 Å². The number of hydrogen-bond donors (Lipinski definition) is 1. The van der Waals surface area contributed by atoms with Crippen molar-refractivity contribution >= 4 is 21.4 Å². The van der Waals surface area contributed by atoms with Gasteiger partial charge in [0.2, 0.25) is 0 Å². The minimum absolute atomic E-state index is 0.203. The van der Waals surface area contributed by atoms with Crippen molar-refractivity contribution in [1.29, 1.82) is 0 Å².